The van der Waals surface area contributed by atoms with Crippen molar-refractivity contribution in [2.45, 2.75) is 114 Å². The number of aliphatic hydroxyl groups is 1. The van der Waals surface area contributed by atoms with E-state index in [9.17, 15) is 30.6 Å². The fourth-order valence-corrected chi connectivity index (χ4v) is 11.1. The minimum atomic E-state index is -0.356. The first-order valence-corrected chi connectivity index (χ1v) is 19.6. The second-order valence-electron chi connectivity index (χ2n) is 16.5. The van der Waals surface area contributed by atoms with Gasteiger partial charge in [-0.3, -0.25) is 0 Å². The molecule has 4 aliphatic rings. The van der Waals surface area contributed by atoms with Gasteiger partial charge in [-0.15, -0.1) is 0 Å². The quantitative estimate of drug-likeness (QED) is 0.0709. The number of aliphatic hydroxyl groups excluding tert-OH is 1. The monoisotopic (exact) mass is 719 g/mol. The van der Waals surface area contributed by atoms with E-state index in [1.165, 1.54) is 68.7 Å². The number of hydrogen-bond acceptors (Lipinski definition) is 8. The van der Waals surface area contributed by atoms with Crippen LogP contribution >= 0.6 is 0 Å². The van der Waals surface area contributed by atoms with Crippen molar-refractivity contribution >= 4 is 22.9 Å². The van der Waals surface area contributed by atoms with E-state index in [1.54, 1.807) is 30.4 Å². The molecular formula is C45H53NO7. The lowest BCUT2D eigenvalue weighted by molar-refractivity contribution is -0.255. The van der Waals surface area contributed by atoms with Crippen LogP contribution in [-0.2, 0) is 24.1 Å². The maximum Gasteiger partial charge on any atom is 0.169 e. The predicted molar refractivity (Wildman–Crippen MR) is 207 cm³/mol. The van der Waals surface area contributed by atoms with Gasteiger partial charge in [0.1, 0.15) is 5.75 Å². The summed E-state index contributed by atoms with van der Waals surface area (Å²) in [4.78, 5) is 0. The van der Waals surface area contributed by atoms with Crippen LogP contribution in [0.15, 0.2) is 60.7 Å². The first-order valence-electron chi connectivity index (χ1n) is 19.6. The van der Waals surface area contributed by atoms with Gasteiger partial charge in [-0.25, -0.2) is 0 Å². The fraction of sp³-hybridized carbons (Fsp3) is 0.467. The van der Waals surface area contributed by atoms with E-state index in [-0.39, 0.29) is 56.7 Å². The van der Waals surface area contributed by atoms with E-state index in [2.05, 4.69) is 29.6 Å². The van der Waals surface area contributed by atoms with Crippen molar-refractivity contribution in [3.8, 4) is 28.7 Å². The number of rotatable bonds is 8. The van der Waals surface area contributed by atoms with Crippen molar-refractivity contribution in [2.24, 2.45) is 10.8 Å². The molecule has 3 spiro atoms. The molecule has 1 saturated heterocycles. The summed E-state index contributed by atoms with van der Waals surface area (Å²) in [6.45, 7) is 1.55. The van der Waals surface area contributed by atoms with Crippen molar-refractivity contribution in [1.82, 2.24) is 5.32 Å². The molecule has 0 unspecified atom stereocenters. The van der Waals surface area contributed by atoms with Gasteiger partial charge in [-0.05, 0) is 116 Å². The lowest BCUT2D eigenvalue weighted by Crippen LogP contribution is -2.66. The highest BCUT2D eigenvalue weighted by atomic mass is 16.5. The van der Waals surface area contributed by atoms with Crippen LogP contribution in [0.4, 0.5) is 0 Å². The average molecular weight is 720 g/mol. The third kappa shape index (κ3) is 6.32. The summed E-state index contributed by atoms with van der Waals surface area (Å²) < 4.78 is 7.07. The van der Waals surface area contributed by atoms with Gasteiger partial charge in [0.2, 0.25) is 0 Å². The second kappa shape index (κ2) is 14.2. The third-order valence-corrected chi connectivity index (χ3v) is 13.6. The SMILES string of the molecule is Oc1ccc(/C=C\c2c(CCc3ccc(CN[C@H]4CCO[C@@]5(C4)C4(CCCC4)CCC[C@]54CC[C@@H](O)C4)cc3)c(O)c(O)c3c(O)cccc23)cc1O. The van der Waals surface area contributed by atoms with Crippen LogP contribution < -0.4 is 5.32 Å². The average Bonchev–Trinajstić information content (AvgIpc) is 3.80. The van der Waals surface area contributed by atoms with Crippen LogP contribution in [0.1, 0.15) is 105 Å². The highest BCUT2D eigenvalue weighted by Crippen LogP contribution is 2.69. The molecule has 0 amide bonds. The molecule has 280 valence electrons. The summed E-state index contributed by atoms with van der Waals surface area (Å²) in [6, 6.07) is 18.5. The zero-order chi connectivity index (χ0) is 36.8. The summed E-state index contributed by atoms with van der Waals surface area (Å²) in [6.07, 6.45) is 18.1. The molecule has 4 atom stereocenters. The van der Waals surface area contributed by atoms with Gasteiger partial charge in [0.05, 0.1) is 17.1 Å². The predicted octanol–water partition coefficient (Wildman–Crippen LogP) is 8.61. The molecular weight excluding hydrogens is 666 g/mol. The molecule has 8 rings (SSSR count). The zero-order valence-corrected chi connectivity index (χ0v) is 30.5. The number of nitrogens with one attached hydrogen (secondary N) is 1. The lowest BCUT2D eigenvalue weighted by Gasteiger charge is -2.64. The highest BCUT2D eigenvalue weighted by molar-refractivity contribution is 6.03. The Hall–Kier alpha value is -4.24. The smallest absolute Gasteiger partial charge is 0.169 e. The van der Waals surface area contributed by atoms with Crippen molar-refractivity contribution < 1.29 is 35.4 Å². The Kier molecular flexibility index (Phi) is 9.58. The standard InChI is InChI=1S/C45H53NO7/c47-33-17-23-44(27-33)22-4-21-43(19-1-2-20-43)45(44)26-32(18-24-53-45)46-28-31-9-7-29(8-10-31)11-15-36-34(14-12-30-13-16-37(48)39(50)25-30)35-5-3-6-38(49)40(35)42(52)41(36)51/h3,5-10,12-14,16,25,32-33,46-52H,1-2,4,11,15,17-24,26-28H2/b14-12-/t32-,33+,44+,45-/m0/s1. The normalized spacial score (nSPS) is 26.8. The first-order chi connectivity index (χ1) is 25.6. The molecule has 1 heterocycles. The topological polar surface area (TPSA) is 143 Å². The number of hydrogen-bond donors (Lipinski definition) is 7. The molecule has 4 fully saturated rings. The van der Waals surface area contributed by atoms with Gasteiger partial charge < -0.3 is 40.7 Å². The number of benzene rings is 4. The Balaban J connectivity index is 0.980. The van der Waals surface area contributed by atoms with Gasteiger partial charge in [-0.2, -0.15) is 0 Å². The molecule has 4 aromatic rings. The molecule has 0 bridgehead atoms. The van der Waals surface area contributed by atoms with E-state index in [0.717, 1.165) is 50.8 Å². The van der Waals surface area contributed by atoms with Crippen LogP contribution in [-0.4, -0.2) is 55.0 Å². The van der Waals surface area contributed by atoms with E-state index >= 15 is 0 Å². The molecule has 8 heteroatoms. The lowest BCUT2D eigenvalue weighted by atomic mass is 9.47. The summed E-state index contributed by atoms with van der Waals surface area (Å²) in [5.74, 6) is -1.21. The number of ether oxygens (including phenoxy) is 1. The number of aromatic hydroxyl groups is 5. The van der Waals surface area contributed by atoms with Crippen LogP contribution in [0.5, 0.6) is 28.7 Å². The number of phenols is 5. The number of aryl methyl sites for hydroxylation is 1. The van der Waals surface area contributed by atoms with Crippen LogP contribution in [0.2, 0.25) is 0 Å². The number of fused-ring (bicyclic) bond motifs is 3. The zero-order valence-electron chi connectivity index (χ0n) is 30.5. The summed E-state index contributed by atoms with van der Waals surface area (Å²) in [5, 5.41) is 68.1. The van der Waals surface area contributed by atoms with E-state index in [0.29, 0.717) is 41.0 Å². The minimum absolute atomic E-state index is 0.0950. The maximum atomic E-state index is 11.2. The second-order valence-corrected chi connectivity index (χ2v) is 16.5. The van der Waals surface area contributed by atoms with Crippen molar-refractivity contribution in [1.29, 1.82) is 0 Å². The van der Waals surface area contributed by atoms with Gasteiger partial charge >= 0.3 is 0 Å². The molecule has 3 aliphatic carbocycles. The Morgan fingerprint density at radius 2 is 1.45 bits per heavy atom. The molecule has 7 N–H and O–H groups in total. The van der Waals surface area contributed by atoms with E-state index in [1.807, 2.05) is 0 Å². The molecule has 8 nitrogen and oxygen atoms in total. The van der Waals surface area contributed by atoms with Gasteiger partial charge in [0, 0.05) is 35.6 Å². The Bertz CT molecular complexity index is 2000. The largest absolute Gasteiger partial charge is 0.507 e. The summed E-state index contributed by atoms with van der Waals surface area (Å²) in [5.41, 5.74) is 4.35. The molecule has 53 heavy (non-hydrogen) atoms. The van der Waals surface area contributed by atoms with Crippen molar-refractivity contribution in [3.05, 3.63) is 88.5 Å². The van der Waals surface area contributed by atoms with Crippen LogP contribution in [0.3, 0.4) is 0 Å². The first kappa shape index (κ1) is 35.8. The van der Waals surface area contributed by atoms with Gasteiger partial charge in [0.15, 0.2) is 23.0 Å². The highest BCUT2D eigenvalue weighted by Gasteiger charge is 2.68. The number of phenolic OH excluding ortho intramolecular Hbond substituents is 5. The Morgan fingerprint density at radius 3 is 2.21 bits per heavy atom. The fourth-order valence-electron chi connectivity index (χ4n) is 11.1. The third-order valence-electron chi connectivity index (χ3n) is 13.6. The molecule has 1 aliphatic heterocycles. The van der Waals surface area contributed by atoms with E-state index in [4.69, 9.17) is 4.74 Å². The minimum Gasteiger partial charge on any atom is -0.507 e. The molecule has 3 saturated carbocycles. The summed E-state index contributed by atoms with van der Waals surface area (Å²) in [7, 11) is 0. The Labute approximate surface area is 311 Å². The van der Waals surface area contributed by atoms with Crippen LogP contribution in [0.25, 0.3) is 22.9 Å². The molecule has 4 aromatic carbocycles. The Morgan fingerprint density at radius 1 is 0.698 bits per heavy atom. The van der Waals surface area contributed by atoms with Crippen LogP contribution in [0, 0.1) is 10.8 Å². The van der Waals surface area contributed by atoms with Gasteiger partial charge in [-0.1, -0.05) is 73.9 Å². The van der Waals surface area contributed by atoms with Crippen molar-refractivity contribution in [3.63, 3.8) is 0 Å². The summed E-state index contributed by atoms with van der Waals surface area (Å²) >= 11 is 0. The van der Waals surface area contributed by atoms with Gasteiger partial charge in [0.25, 0.3) is 0 Å². The van der Waals surface area contributed by atoms with E-state index < -0.39 is 0 Å². The van der Waals surface area contributed by atoms with Crippen molar-refractivity contribution in [2.75, 3.05) is 6.61 Å². The maximum absolute atomic E-state index is 11.2. The molecule has 0 aromatic heterocycles. The molecule has 0 radical (unpaired) electrons.